The van der Waals surface area contributed by atoms with Gasteiger partial charge in [0.25, 0.3) is 5.91 Å². The molecule has 0 N–H and O–H groups in total. The molecule has 0 bridgehead atoms. The molecule has 1 aliphatic heterocycles. The zero-order valence-corrected chi connectivity index (χ0v) is 21.1. The summed E-state index contributed by atoms with van der Waals surface area (Å²) in [7, 11) is 0. The van der Waals surface area contributed by atoms with Crippen LogP contribution in [0.5, 0.6) is 0 Å². The summed E-state index contributed by atoms with van der Waals surface area (Å²) >= 11 is 0. The Bertz CT molecular complexity index is 1140. The lowest BCUT2D eigenvalue weighted by molar-refractivity contribution is 0.0692. The van der Waals surface area contributed by atoms with Gasteiger partial charge in [-0.25, -0.2) is 0 Å². The molecule has 1 aliphatic rings. The highest BCUT2D eigenvalue weighted by molar-refractivity contribution is 5.91. The number of furan rings is 1. The van der Waals surface area contributed by atoms with Crippen LogP contribution < -0.4 is 4.90 Å². The minimum absolute atomic E-state index is 0.0126. The van der Waals surface area contributed by atoms with Crippen molar-refractivity contribution in [2.45, 2.75) is 60.9 Å². The van der Waals surface area contributed by atoms with Crippen molar-refractivity contribution in [3.63, 3.8) is 0 Å². The molecule has 0 spiro atoms. The lowest BCUT2D eigenvalue weighted by Gasteiger charge is -2.41. The van der Waals surface area contributed by atoms with Gasteiger partial charge < -0.3 is 14.2 Å². The number of anilines is 1. The van der Waals surface area contributed by atoms with Gasteiger partial charge >= 0.3 is 0 Å². The predicted octanol–water partition coefficient (Wildman–Crippen LogP) is 6.07. The zero-order chi connectivity index (χ0) is 23.9. The maximum Gasteiger partial charge on any atom is 0.289 e. The molecular weight excluding hydrogens is 408 g/mol. The Morgan fingerprint density at radius 2 is 1.45 bits per heavy atom. The van der Waals surface area contributed by atoms with Crippen LogP contribution in [0.2, 0.25) is 0 Å². The van der Waals surface area contributed by atoms with Gasteiger partial charge in [-0.2, -0.15) is 0 Å². The van der Waals surface area contributed by atoms with Crippen molar-refractivity contribution in [2.24, 2.45) is 0 Å². The summed E-state index contributed by atoms with van der Waals surface area (Å²) in [5, 5.41) is 0. The monoisotopic (exact) mass is 444 g/mol. The maximum absolute atomic E-state index is 13.2. The van der Waals surface area contributed by atoms with Crippen LogP contribution in [0.4, 0.5) is 5.69 Å². The fourth-order valence-corrected chi connectivity index (χ4v) is 5.02. The summed E-state index contributed by atoms with van der Waals surface area (Å²) < 4.78 is 6.08. The normalized spacial score (nSPS) is 16.4. The van der Waals surface area contributed by atoms with Gasteiger partial charge in [-0.15, -0.1) is 0 Å². The first-order valence-electron chi connectivity index (χ1n) is 11.9. The molecule has 2 aromatic carbocycles. The van der Waals surface area contributed by atoms with Crippen molar-refractivity contribution in [2.75, 3.05) is 24.5 Å². The molecule has 2 heterocycles. The van der Waals surface area contributed by atoms with Crippen molar-refractivity contribution >= 4 is 11.6 Å². The van der Waals surface area contributed by atoms with E-state index in [2.05, 4.69) is 77.6 Å². The molecule has 1 atom stereocenters. The molecule has 0 radical (unpaired) electrons. The molecule has 1 amide bonds. The standard InChI is InChI=1S/C29H36N2O2/c1-18-8-10-25(11-9-18)31-15-14-30(17-19(31)2)29(32)28-13-12-26(33-28)16-27-23(6)21(4)20(3)22(5)24(27)7/h8-13,19H,14-17H2,1-7H3. The van der Waals surface area contributed by atoms with E-state index in [-0.39, 0.29) is 11.9 Å². The molecular formula is C29H36N2O2. The number of aryl methyl sites for hydroxylation is 1. The molecule has 1 unspecified atom stereocenters. The van der Waals surface area contributed by atoms with E-state index in [4.69, 9.17) is 4.42 Å². The van der Waals surface area contributed by atoms with Gasteiger partial charge in [0, 0.05) is 37.8 Å². The predicted molar refractivity (Wildman–Crippen MR) is 136 cm³/mol. The second-order valence-electron chi connectivity index (χ2n) is 9.68. The van der Waals surface area contributed by atoms with Crippen LogP contribution in [-0.2, 0) is 6.42 Å². The van der Waals surface area contributed by atoms with Crippen LogP contribution in [0.1, 0.15) is 62.2 Å². The number of piperazine rings is 1. The third-order valence-corrected chi connectivity index (χ3v) is 7.66. The Hall–Kier alpha value is -3.01. The number of hydrogen-bond acceptors (Lipinski definition) is 3. The summed E-state index contributed by atoms with van der Waals surface area (Å²) in [5.74, 6) is 1.27. The highest BCUT2D eigenvalue weighted by atomic mass is 16.4. The summed E-state index contributed by atoms with van der Waals surface area (Å²) in [6.07, 6.45) is 0.713. The van der Waals surface area contributed by atoms with Crippen LogP contribution in [0, 0.1) is 41.5 Å². The summed E-state index contributed by atoms with van der Waals surface area (Å²) in [6, 6.07) is 12.7. The molecule has 0 saturated carbocycles. The Labute approximate surface area is 198 Å². The Morgan fingerprint density at radius 1 is 0.848 bits per heavy atom. The molecule has 3 aromatic rings. The van der Waals surface area contributed by atoms with E-state index >= 15 is 0 Å². The molecule has 174 valence electrons. The van der Waals surface area contributed by atoms with Gasteiger partial charge in [0.15, 0.2) is 5.76 Å². The largest absolute Gasteiger partial charge is 0.456 e. The first-order chi connectivity index (χ1) is 15.7. The first-order valence-corrected chi connectivity index (χ1v) is 11.9. The van der Waals surface area contributed by atoms with Gasteiger partial charge in [0.05, 0.1) is 0 Å². The fourth-order valence-electron chi connectivity index (χ4n) is 5.02. The van der Waals surface area contributed by atoms with E-state index in [0.717, 1.165) is 12.3 Å². The second kappa shape index (κ2) is 9.09. The highest BCUT2D eigenvalue weighted by Crippen LogP contribution is 2.29. The first kappa shape index (κ1) is 23.2. The fraction of sp³-hybridized carbons (Fsp3) is 0.414. The molecule has 33 heavy (non-hydrogen) atoms. The third kappa shape index (κ3) is 4.44. The minimum Gasteiger partial charge on any atom is -0.456 e. The van der Waals surface area contributed by atoms with Gasteiger partial charge in [-0.1, -0.05) is 17.7 Å². The number of rotatable bonds is 4. The average Bonchev–Trinajstić information content (AvgIpc) is 3.28. The Balaban J connectivity index is 1.46. The summed E-state index contributed by atoms with van der Waals surface area (Å²) in [4.78, 5) is 17.5. The smallest absolute Gasteiger partial charge is 0.289 e. The molecule has 0 aliphatic carbocycles. The minimum atomic E-state index is -0.0126. The van der Waals surface area contributed by atoms with Crippen LogP contribution in [0.25, 0.3) is 0 Å². The topological polar surface area (TPSA) is 36.7 Å². The lowest BCUT2D eigenvalue weighted by atomic mass is 9.88. The Kier molecular flexibility index (Phi) is 6.38. The highest BCUT2D eigenvalue weighted by Gasteiger charge is 2.29. The van der Waals surface area contributed by atoms with E-state index in [1.807, 2.05) is 17.0 Å². The van der Waals surface area contributed by atoms with Crippen LogP contribution >= 0.6 is 0 Å². The van der Waals surface area contributed by atoms with E-state index in [1.165, 1.54) is 44.6 Å². The van der Waals surface area contributed by atoms with Crippen LogP contribution in [0.3, 0.4) is 0 Å². The molecule has 1 saturated heterocycles. The average molecular weight is 445 g/mol. The molecule has 1 aromatic heterocycles. The van der Waals surface area contributed by atoms with Crippen LogP contribution in [-0.4, -0.2) is 36.5 Å². The van der Waals surface area contributed by atoms with Crippen LogP contribution in [0.15, 0.2) is 40.8 Å². The van der Waals surface area contributed by atoms with Gasteiger partial charge in [0.1, 0.15) is 5.76 Å². The van der Waals surface area contributed by atoms with E-state index in [9.17, 15) is 4.79 Å². The van der Waals surface area contributed by atoms with Crippen molar-refractivity contribution in [1.29, 1.82) is 0 Å². The summed E-state index contributed by atoms with van der Waals surface area (Å²) in [6.45, 7) is 17.4. The number of amides is 1. The molecule has 1 fully saturated rings. The van der Waals surface area contributed by atoms with Gasteiger partial charge in [-0.05, 0) is 106 Å². The van der Waals surface area contributed by atoms with Crippen molar-refractivity contribution in [1.82, 2.24) is 4.90 Å². The van der Waals surface area contributed by atoms with Crippen molar-refractivity contribution in [3.05, 3.63) is 86.9 Å². The molecule has 4 nitrogen and oxygen atoms in total. The number of nitrogens with zero attached hydrogens (tertiary/aromatic N) is 2. The Morgan fingerprint density at radius 3 is 2.06 bits per heavy atom. The van der Waals surface area contributed by atoms with E-state index in [0.29, 0.717) is 25.3 Å². The molecule has 4 rings (SSSR count). The SMILES string of the molecule is Cc1ccc(N2CCN(C(=O)c3ccc(Cc4c(C)c(C)c(C)c(C)c4C)o3)CC2C)cc1. The van der Waals surface area contributed by atoms with Crippen molar-refractivity contribution in [3.8, 4) is 0 Å². The number of benzene rings is 2. The third-order valence-electron chi connectivity index (χ3n) is 7.66. The quantitative estimate of drug-likeness (QED) is 0.490. The maximum atomic E-state index is 13.2. The van der Waals surface area contributed by atoms with E-state index in [1.54, 1.807) is 0 Å². The van der Waals surface area contributed by atoms with E-state index < -0.39 is 0 Å². The lowest BCUT2D eigenvalue weighted by Crippen LogP contribution is -2.53. The number of carbonyl (C=O) groups excluding carboxylic acids is 1. The number of hydrogen-bond donors (Lipinski definition) is 0. The zero-order valence-electron chi connectivity index (χ0n) is 21.1. The second-order valence-corrected chi connectivity index (χ2v) is 9.68. The summed E-state index contributed by atoms with van der Waals surface area (Å²) in [5.41, 5.74) is 10.5. The van der Waals surface area contributed by atoms with Gasteiger partial charge in [-0.3, -0.25) is 4.79 Å². The van der Waals surface area contributed by atoms with Crippen molar-refractivity contribution < 1.29 is 9.21 Å². The van der Waals surface area contributed by atoms with Gasteiger partial charge in [0.2, 0.25) is 0 Å². The molecule has 4 heteroatoms. The number of carbonyl (C=O) groups is 1.